The van der Waals surface area contributed by atoms with Gasteiger partial charge in [-0.25, -0.2) is 4.39 Å². The van der Waals surface area contributed by atoms with E-state index in [1.54, 1.807) is 0 Å². The van der Waals surface area contributed by atoms with Gasteiger partial charge in [0.2, 0.25) is 0 Å². The third-order valence-corrected chi connectivity index (χ3v) is 7.28. The molecule has 26 heavy (non-hydrogen) atoms. The van der Waals surface area contributed by atoms with E-state index < -0.39 is 0 Å². The molecule has 0 heterocycles. The first-order valence-corrected chi connectivity index (χ1v) is 10.7. The minimum absolute atomic E-state index is 0.140. The van der Waals surface area contributed by atoms with Gasteiger partial charge in [0.25, 0.3) is 0 Å². The van der Waals surface area contributed by atoms with Crippen LogP contribution in [0.1, 0.15) is 74.5 Å². The molecule has 142 valence electrons. The molecule has 0 aromatic heterocycles. The second-order valence-electron chi connectivity index (χ2n) is 9.04. The molecule has 3 aliphatic rings. The lowest BCUT2D eigenvalue weighted by Crippen LogP contribution is -2.34. The molecule has 2 fully saturated rings. The smallest absolute Gasteiger partial charge is 0.130 e. The van der Waals surface area contributed by atoms with Crippen molar-refractivity contribution >= 4 is 0 Å². The standard InChI is InChI=1S/C24H33FO/c1-3-12-26-21-9-7-17-14-20(6-5-18(17)15-21)23-11-8-19-13-16(2)4-10-22(19)24(23)25/h3,8,11,16-18,20-21H,1,4-7,9-10,12-15H2,2H3. The summed E-state index contributed by atoms with van der Waals surface area (Å²) in [6, 6.07) is 4.35. The van der Waals surface area contributed by atoms with Gasteiger partial charge in [0, 0.05) is 0 Å². The van der Waals surface area contributed by atoms with Crippen LogP contribution < -0.4 is 0 Å². The summed E-state index contributed by atoms with van der Waals surface area (Å²) < 4.78 is 21.2. The summed E-state index contributed by atoms with van der Waals surface area (Å²) in [5.41, 5.74) is 3.31. The number of benzene rings is 1. The van der Waals surface area contributed by atoms with E-state index in [0.717, 1.165) is 55.1 Å². The summed E-state index contributed by atoms with van der Waals surface area (Å²) in [4.78, 5) is 0. The van der Waals surface area contributed by atoms with Gasteiger partial charge in [-0.15, -0.1) is 6.58 Å². The molecule has 2 saturated carbocycles. The maximum absolute atomic E-state index is 15.3. The van der Waals surface area contributed by atoms with Crippen molar-refractivity contribution < 1.29 is 9.13 Å². The van der Waals surface area contributed by atoms with Gasteiger partial charge in [-0.1, -0.05) is 25.1 Å². The predicted molar refractivity (Wildman–Crippen MR) is 105 cm³/mol. The van der Waals surface area contributed by atoms with Crippen LogP contribution in [0.4, 0.5) is 4.39 Å². The third kappa shape index (κ3) is 3.63. The molecule has 0 aliphatic heterocycles. The first-order chi connectivity index (χ1) is 12.7. The van der Waals surface area contributed by atoms with Gasteiger partial charge in [-0.05, 0) is 98.1 Å². The van der Waals surface area contributed by atoms with Crippen molar-refractivity contribution in [1.29, 1.82) is 0 Å². The van der Waals surface area contributed by atoms with Crippen molar-refractivity contribution in [2.24, 2.45) is 17.8 Å². The van der Waals surface area contributed by atoms with E-state index in [1.807, 2.05) is 6.08 Å². The molecule has 2 heteroatoms. The molecule has 5 unspecified atom stereocenters. The Bertz CT molecular complexity index is 652. The van der Waals surface area contributed by atoms with Gasteiger partial charge in [-0.3, -0.25) is 0 Å². The number of hydrogen-bond donors (Lipinski definition) is 0. The minimum Gasteiger partial charge on any atom is -0.374 e. The van der Waals surface area contributed by atoms with Crippen LogP contribution in [-0.4, -0.2) is 12.7 Å². The van der Waals surface area contributed by atoms with Crippen LogP contribution in [0, 0.1) is 23.6 Å². The maximum atomic E-state index is 15.3. The molecule has 0 amide bonds. The largest absolute Gasteiger partial charge is 0.374 e. The van der Waals surface area contributed by atoms with Gasteiger partial charge < -0.3 is 4.74 Å². The van der Waals surface area contributed by atoms with Gasteiger partial charge in [0.1, 0.15) is 5.82 Å². The minimum atomic E-state index is 0.140. The highest BCUT2D eigenvalue weighted by atomic mass is 19.1. The first-order valence-electron chi connectivity index (χ1n) is 10.7. The van der Waals surface area contributed by atoms with Gasteiger partial charge in [-0.2, -0.15) is 0 Å². The maximum Gasteiger partial charge on any atom is 0.130 e. The van der Waals surface area contributed by atoms with Crippen LogP contribution in [0.25, 0.3) is 0 Å². The lowest BCUT2D eigenvalue weighted by Gasteiger charge is -2.42. The normalized spacial score (nSPS) is 34.0. The van der Waals surface area contributed by atoms with Crippen LogP contribution in [0.3, 0.4) is 0 Å². The molecule has 1 nitrogen and oxygen atoms in total. The molecular weight excluding hydrogens is 323 g/mol. The Morgan fingerprint density at radius 3 is 2.77 bits per heavy atom. The first kappa shape index (κ1) is 18.2. The van der Waals surface area contributed by atoms with E-state index >= 15 is 4.39 Å². The lowest BCUT2D eigenvalue weighted by atomic mass is 9.65. The second kappa shape index (κ2) is 7.84. The van der Waals surface area contributed by atoms with Gasteiger partial charge in [0.05, 0.1) is 12.7 Å². The number of ether oxygens (including phenoxy) is 1. The SMILES string of the molecule is C=CCOC1CCC2CC(c3ccc4c(c3F)CCC(C)C4)CCC2C1. The second-order valence-corrected chi connectivity index (χ2v) is 9.04. The van der Waals surface area contributed by atoms with Crippen LogP contribution in [0.2, 0.25) is 0 Å². The van der Waals surface area contributed by atoms with Crippen molar-refractivity contribution in [2.45, 2.75) is 76.7 Å². The fourth-order valence-corrected chi connectivity index (χ4v) is 5.81. The Hall–Kier alpha value is -1.15. The summed E-state index contributed by atoms with van der Waals surface area (Å²) in [5.74, 6) is 2.79. The topological polar surface area (TPSA) is 9.23 Å². The van der Waals surface area contributed by atoms with Crippen LogP contribution in [-0.2, 0) is 17.6 Å². The Labute approximate surface area is 158 Å². The van der Waals surface area contributed by atoms with Crippen molar-refractivity contribution in [3.8, 4) is 0 Å². The van der Waals surface area contributed by atoms with E-state index in [-0.39, 0.29) is 5.82 Å². The molecule has 4 rings (SSSR count). The zero-order valence-corrected chi connectivity index (χ0v) is 16.2. The summed E-state index contributed by atoms with van der Waals surface area (Å²) in [5, 5.41) is 0. The van der Waals surface area contributed by atoms with Crippen molar-refractivity contribution in [2.75, 3.05) is 6.61 Å². The molecule has 0 spiro atoms. The molecule has 1 aromatic carbocycles. The molecule has 0 radical (unpaired) electrons. The van der Waals surface area contributed by atoms with Crippen molar-refractivity contribution in [1.82, 2.24) is 0 Å². The zero-order chi connectivity index (χ0) is 18.1. The summed E-state index contributed by atoms with van der Waals surface area (Å²) in [7, 11) is 0. The molecule has 0 saturated heterocycles. The Balaban J connectivity index is 1.44. The van der Waals surface area contributed by atoms with Crippen LogP contribution >= 0.6 is 0 Å². The average molecular weight is 357 g/mol. The lowest BCUT2D eigenvalue weighted by molar-refractivity contribution is -0.00325. The highest BCUT2D eigenvalue weighted by molar-refractivity contribution is 5.38. The Morgan fingerprint density at radius 1 is 1.12 bits per heavy atom. The van der Waals surface area contributed by atoms with E-state index in [2.05, 4.69) is 25.6 Å². The number of rotatable bonds is 4. The molecule has 3 aliphatic carbocycles. The van der Waals surface area contributed by atoms with E-state index in [1.165, 1.54) is 31.2 Å². The quantitative estimate of drug-likeness (QED) is 0.583. The van der Waals surface area contributed by atoms with Crippen molar-refractivity contribution in [3.05, 3.63) is 47.3 Å². The van der Waals surface area contributed by atoms with Crippen molar-refractivity contribution in [3.63, 3.8) is 0 Å². The average Bonchev–Trinajstić information content (AvgIpc) is 2.66. The number of halogens is 1. The van der Waals surface area contributed by atoms with Gasteiger partial charge in [0.15, 0.2) is 0 Å². The fraction of sp³-hybridized carbons (Fsp3) is 0.667. The highest BCUT2D eigenvalue weighted by Gasteiger charge is 2.37. The summed E-state index contributed by atoms with van der Waals surface area (Å²) in [6.07, 6.45) is 12.5. The van der Waals surface area contributed by atoms with E-state index in [0.29, 0.717) is 24.5 Å². The van der Waals surface area contributed by atoms with Gasteiger partial charge >= 0.3 is 0 Å². The molecule has 1 aromatic rings. The Morgan fingerprint density at radius 2 is 1.92 bits per heavy atom. The summed E-state index contributed by atoms with van der Waals surface area (Å²) in [6.45, 7) is 6.71. The predicted octanol–water partition coefficient (Wildman–Crippen LogP) is 6.21. The monoisotopic (exact) mass is 356 g/mol. The van der Waals surface area contributed by atoms with E-state index in [9.17, 15) is 0 Å². The molecular formula is C24H33FO. The molecule has 5 atom stereocenters. The molecule has 0 bridgehead atoms. The molecule has 0 N–H and O–H groups in total. The van der Waals surface area contributed by atoms with Crippen LogP contribution in [0.15, 0.2) is 24.8 Å². The zero-order valence-electron chi connectivity index (χ0n) is 16.2. The number of hydrogen-bond acceptors (Lipinski definition) is 1. The third-order valence-electron chi connectivity index (χ3n) is 7.28. The van der Waals surface area contributed by atoms with E-state index in [4.69, 9.17) is 4.74 Å². The highest BCUT2D eigenvalue weighted by Crippen LogP contribution is 2.47. The summed E-state index contributed by atoms with van der Waals surface area (Å²) >= 11 is 0. The number of fused-ring (bicyclic) bond motifs is 2. The van der Waals surface area contributed by atoms with Crippen LogP contribution in [0.5, 0.6) is 0 Å². The Kier molecular flexibility index (Phi) is 5.50. The fourth-order valence-electron chi connectivity index (χ4n) is 5.81.